The quantitative estimate of drug-likeness (QED) is 0.787. The van der Waals surface area contributed by atoms with Gasteiger partial charge in [0.2, 0.25) is 10.0 Å². The molecule has 2 fully saturated rings. The van der Waals surface area contributed by atoms with E-state index < -0.39 is 20.9 Å². The average Bonchev–Trinajstić information content (AvgIpc) is 3.05. The van der Waals surface area contributed by atoms with Crippen molar-refractivity contribution >= 4 is 10.0 Å². The van der Waals surface area contributed by atoms with Gasteiger partial charge in [-0.25, -0.2) is 8.42 Å². The third kappa shape index (κ3) is 1.85. The van der Waals surface area contributed by atoms with Crippen molar-refractivity contribution in [1.82, 2.24) is 4.31 Å². The molecule has 0 N–H and O–H groups in total. The van der Waals surface area contributed by atoms with E-state index in [1.807, 2.05) is 56.3 Å². The molecule has 3 aliphatic heterocycles. The van der Waals surface area contributed by atoms with Gasteiger partial charge in [-0.1, -0.05) is 42.5 Å². The van der Waals surface area contributed by atoms with Gasteiger partial charge >= 0.3 is 0 Å². The summed E-state index contributed by atoms with van der Waals surface area (Å²) in [7, 11) is -3.38. The Morgan fingerprint density at radius 1 is 1.32 bits per heavy atom. The molecule has 118 valence electrons. The molecule has 0 amide bonds. The monoisotopic (exact) mass is 319 g/mol. The zero-order valence-corrected chi connectivity index (χ0v) is 13.7. The minimum absolute atomic E-state index is 0.0287. The van der Waals surface area contributed by atoms with Crippen LogP contribution in [-0.2, 0) is 14.8 Å². The van der Waals surface area contributed by atoms with Crippen LogP contribution in [0.25, 0.3) is 0 Å². The molecular weight excluding hydrogens is 298 g/mol. The fourth-order valence-corrected chi connectivity index (χ4v) is 7.00. The van der Waals surface area contributed by atoms with E-state index in [0.29, 0.717) is 6.42 Å². The fraction of sp³-hybridized carbons (Fsp3) is 0.529. The Kier molecular flexibility index (Phi) is 3.06. The van der Waals surface area contributed by atoms with Crippen LogP contribution in [0.4, 0.5) is 0 Å². The second-order valence-electron chi connectivity index (χ2n) is 6.71. The molecule has 0 saturated carbocycles. The van der Waals surface area contributed by atoms with Crippen LogP contribution in [0.1, 0.15) is 38.3 Å². The lowest BCUT2D eigenvalue weighted by atomic mass is 9.87. The summed E-state index contributed by atoms with van der Waals surface area (Å²) in [5.74, 6) is 0. The molecule has 4 unspecified atom stereocenters. The second kappa shape index (κ2) is 4.66. The van der Waals surface area contributed by atoms with Crippen molar-refractivity contribution < 1.29 is 13.2 Å². The highest BCUT2D eigenvalue weighted by molar-refractivity contribution is 7.89. The van der Waals surface area contributed by atoms with Crippen molar-refractivity contribution in [2.45, 2.75) is 55.7 Å². The lowest BCUT2D eigenvalue weighted by molar-refractivity contribution is 0.00412. The standard InChI is InChI=1S/C17H21NO3S/c1-12-11-17-9-8-15(21-17)10-16(17)22(19,20)18(12)13(2)14-6-4-3-5-7-14/h3-9,12-13,15-16H,10-11H2,1-2H3/t12?,13-,15?,16?,17?/m0/s1. The summed E-state index contributed by atoms with van der Waals surface area (Å²) in [4.78, 5) is 0. The van der Waals surface area contributed by atoms with Gasteiger partial charge in [-0.15, -0.1) is 0 Å². The largest absolute Gasteiger partial charge is 0.362 e. The number of hydrogen-bond acceptors (Lipinski definition) is 3. The van der Waals surface area contributed by atoms with Gasteiger partial charge in [0.05, 0.1) is 6.10 Å². The van der Waals surface area contributed by atoms with Crippen LogP contribution < -0.4 is 0 Å². The van der Waals surface area contributed by atoms with Gasteiger partial charge in [0, 0.05) is 12.1 Å². The summed E-state index contributed by atoms with van der Waals surface area (Å²) in [6.07, 6.45) is 5.31. The van der Waals surface area contributed by atoms with E-state index in [9.17, 15) is 8.42 Å². The molecule has 2 saturated heterocycles. The molecule has 5 heteroatoms. The number of benzene rings is 1. The fourth-order valence-electron chi connectivity index (χ4n) is 4.40. The van der Waals surface area contributed by atoms with Crippen LogP contribution >= 0.6 is 0 Å². The SMILES string of the molecule is CC1CC23C=CC(CC2S(=O)(=O)N1[C@@H](C)c1ccccc1)O3. The first kappa shape index (κ1) is 14.4. The van der Waals surface area contributed by atoms with Gasteiger partial charge in [-0.2, -0.15) is 4.31 Å². The first-order valence-corrected chi connectivity index (χ1v) is 9.39. The van der Waals surface area contributed by atoms with Gasteiger partial charge in [-0.3, -0.25) is 0 Å². The van der Waals surface area contributed by atoms with Crippen molar-refractivity contribution in [2.24, 2.45) is 0 Å². The Morgan fingerprint density at radius 3 is 2.73 bits per heavy atom. The Labute approximate surface area is 131 Å². The maximum Gasteiger partial charge on any atom is 0.221 e. The van der Waals surface area contributed by atoms with Gasteiger partial charge in [-0.05, 0) is 32.3 Å². The predicted octanol–water partition coefficient (Wildman–Crippen LogP) is 2.64. The maximum absolute atomic E-state index is 13.2. The summed E-state index contributed by atoms with van der Waals surface area (Å²) in [5.41, 5.74) is 0.448. The lowest BCUT2D eigenvalue weighted by Gasteiger charge is -2.46. The second-order valence-corrected chi connectivity index (χ2v) is 8.73. The molecular formula is C17H21NO3S. The number of nitrogens with zero attached hydrogens (tertiary/aromatic N) is 1. The molecule has 3 aliphatic rings. The normalized spacial score (nSPS) is 40.5. The number of fused-ring (bicyclic) bond motifs is 1. The number of ether oxygens (including phenoxy) is 1. The lowest BCUT2D eigenvalue weighted by Crippen LogP contribution is -2.59. The van der Waals surface area contributed by atoms with Crippen molar-refractivity contribution in [3.63, 3.8) is 0 Å². The molecule has 2 bridgehead atoms. The minimum atomic E-state index is -3.38. The highest BCUT2D eigenvalue weighted by atomic mass is 32.2. The summed E-state index contributed by atoms with van der Waals surface area (Å²) < 4.78 is 34.1. The minimum Gasteiger partial charge on any atom is -0.362 e. The van der Waals surface area contributed by atoms with Gasteiger partial charge < -0.3 is 4.74 Å². The number of sulfonamides is 1. The molecule has 4 rings (SSSR count). The average molecular weight is 319 g/mol. The van der Waals surface area contributed by atoms with Crippen LogP contribution in [0.15, 0.2) is 42.5 Å². The van der Waals surface area contributed by atoms with Crippen molar-refractivity contribution in [3.8, 4) is 0 Å². The maximum atomic E-state index is 13.2. The van der Waals surface area contributed by atoms with E-state index in [-0.39, 0.29) is 18.2 Å². The first-order chi connectivity index (χ1) is 10.4. The molecule has 5 atom stereocenters. The molecule has 22 heavy (non-hydrogen) atoms. The van der Waals surface area contributed by atoms with E-state index in [1.54, 1.807) is 4.31 Å². The van der Waals surface area contributed by atoms with Crippen LogP contribution in [-0.4, -0.2) is 35.7 Å². The molecule has 3 heterocycles. The molecule has 4 nitrogen and oxygen atoms in total. The summed E-state index contributed by atoms with van der Waals surface area (Å²) in [5, 5.41) is -0.433. The molecule has 0 radical (unpaired) electrons. The zero-order valence-electron chi connectivity index (χ0n) is 12.8. The molecule has 1 spiro atoms. The molecule has 0 aromatic heterocycles. The van der Waals surface area contributed by atoms with E-state index in [1.165, 1.54) is 0 Å². The highest BCUT2D eigenvalue weighted by Gasteiger charge is 2.62. The third-order valence-corrected chi connectivity index (χ3v) is 7.90. The van der Waals surface area contributed by atoms with Crippen LogP contribution in [0, 0.1) is 0 Å². The topological polar surface area (TPSA) is 46.6 Å². The van der Waals surface area contributed by atoms with Gasteiger partial charge in [0.25, 0.3) is 0 Å². The summed E-state index contributed by atoms with van der Waals surface area (Å²) in [6, 6.07) is 9.63. The van der Waals surface area contributed by atoms with Crippen LogP contribution in [0.3, 0.4) is 0 Å². The number of rotatable bonds is 2. The Hall–Kier alpha value is -1.17. The van der Waals surface area contributed by atoms with E-state index in [0.717, 1.165) is 12.0 Å². The third-order valence-electron chi connectivity index (χ3n) is 5.32. The number of hydrogen-bond donors (Lipinski definition) is 0. The van der Waals surface area contributed by atoms with Crippen LogP contribution in [0.2, 0.25) is 0 Å². The van der Waals surface area contributed by atoms with Crippen molar-refractivity contribution in [1.29, 1.82) is 0 Å². The summed E-state index contributed by atoms with van der Waals surface area (Å²) in [6.45, 7) is 3.97. The molecule has 0 aliphatic carbocycles. The van der Waals surface area contributed by atoms with Crippen molar-refractivity contribution in [3.05, 3.63) is 48.0 Å². The van der Waals surface area contributed by atoms with Gasteiger partial charge in [0.1, 0.15) is 10.9 Å². The highest BCUT2D eigenvalue weighted by Crippen LogP contribution is 2.51. The first-order valence-electron chi connectivity index (χ1n) is 7.88. The molecule has 1 aromatic rings. The smallest absolute Gasteiger partial charge is 0.221 e. The summed E-state index contributed by atoms with van der Waals surface area (Å²) >= 11 is 0. The predicted molar refractivity (Wildman–Crippen MR) is 84.8 cm³/mol. The Morgan fingerprint density at radius 2 is 2.05 bits per heavy atom. The van der Waals surface area contributed by atoms with E-state index in [4.69, 9.17) is 4.74 Å². The molecule has 1 aromatic carbocycles. The van der Waals surface area contributed by atoms with Gasteiger partial charge in [0.15, 0.2) is 0 Å². The Balaban J connectivity index is 1.74. The Bertz CT molecular complexity index is 715. The zero-order chi connectivity index (χ0) is 15.5. The van der Waals surface area contributed by atoms with Crippen molar-refractivity contribution in [2.75, 3.05) is 0 Å². The van der Waals surface area contributed by atoms with Crippen LogP contribution in [0.5, 0.6) is 0 Å². The van der Waals surface area contributed by atoms with E-state index in [2.05, 4.69) is 0 Å². The van der Waals surface area contributed by atoms with E-state index >= 15 is 0 Å².